The van der Waals surface area contributed by atoms with Crippen LogP contribution in [0.2, 0.25) is 0 Å². The standard InChI is InChI=1S/C22H16FN3/c23-17-12-10-15(11-13-17)19-14-21(16-6-2-1-3-7-16)26-20-9-5-4-8-18(20)24-22(26)25-19/h1-14,21H,(H,24,25). The summed E-state index contributed by atoms with van der Waals surface area (Å²) in [5, 5.41) is 3.41. The molecule has 0 radical (unpaired) electrons. The molecular formula is C22H16FN3. The summed E-state index contributed by atoms with van der Waals surface area (Å²) < 4.78 is 15.5. The number of allylic oxidation sites excluding steroid dienone is 1. The van der Waals surface area contributed by atoms with E-state index in [4.69, 9.17) is 4.98 Å². The summed E-state index contributed by atoms with van der Waals surface area (Å²) in [4.78, 5) is 4.76. The molecule has 1 atom stereocenters. The van der Waals surface area contributed by atoms with Crippen molar-refractivity contribution in [3.05, 3.63) is 102 Å². The number of hydrogen-bond donors (Lipinski definition) is 1. The molecule has 26 heavy (non-hydrogen) atoms. The quantitative estimate of drug-likeness (QED) is 0.541. The Kier molecular flexibility index (Phi) is 3.35. The number of rotatable bonds is 2. The molecule has 126 valence electrons. The van der Waals surface area contributed by atoms with Crippen molar-refractivity contribution in [2.75, 3.05) is 5.32 Å². The molecular weight excluding hydrogens is 325 g/mol. The normalized spacial score (nSPS) is 16.0. The molecule has 4 aromatic rings. The summed E-state index contributed by atoms with van der Waals surface area (Å²) in [5.41, 5.74) is 5.08. The van der Waals surface area contributed by atoms with Gasteiger partial charge in [0.2, 0.25) is 5.95 Å². The fraction of sp³-hybridized carbons (Fsp3) is 0.0455. The van der Waals surface area contributed by atoms with E-state index in [0.717, 1.165) is 28.2 Å². The fourth-order valence-electron chi connectivity index (χ4n) is 3.50. The Morgan fingerprint density at radius 2 is 1.58 bits per heavy atom. The molecule has 0 saturated carbocycles. The molecule has 0 spiro atoms. The number of imidazole rings is 1. The van der Waals surface area contributed by atoms with Gasteiger partial charge < -0.3 is 5.32 Å². The number of aromatic nitrogens is 2. The minimum absolute atomic E-state index is 0.0138. The highest BCUT2D eigenvalue weighted by atomic mass is 19.1. The average Bonchev–Trinajstić information content (AvgIpc) is 3.07. The predicted molar refractivity (Wildman–Crippen MR) is 102 cm³/mol. The molecule has 3 aromatic carbocycles. The first-order valence-electron chi connectivity index (χ1n) is 8.56. The van der Waals surface area contributed by atoms with E-state index in [-0.39, 0.29) is 11.9 Å². The third-order valence-electron chi connectivity index (χ3n) is 4.74. The molecule has 1 unspecified atom stereocenters. The molecule has 0 fully saturated rings. The van der Waals surface area contributed by atoms with Crippen LogP contribution in [-0.4, -0.2) is 9.55 Å². The van der Waals surface area contributed by atoms with Gasteiger partial charge in [0, 0.05) is 5.70 Å². The molecule has 1 N–H and O–H groups in total. The molecule has 2 heterocycles. The van der Waals surface area contributed by atoms with Crippen molar-refractivity contribution in [2.45, 2.75) is 6.04 Å². The van der Waals surface area contributed by atoms with Crippen LogP contribution in [0.4, 0.5) is 10.3 Å². The monoisotopic (exact) mass is 341 g/mol. The summed E-state index contributed by atoms with van der Waals surface area (Å²) in [6.07, 6.45) is 2.17. The van der Waals surface area contributed by atoms with Gasteiger partial charge in [0.1, 0.15) is 5.82 Å². The van der Waals surface area contributed by atoms with Crippen molar-refractivity contribution in [2.24, 2.45) is 0 Å². The zero-order valence-electron chi connectivity index (χ0n) is 13.9. The molecule has 5 rings (SSSR count). The van der Waals surface area contributed by atoms with Crippen molar-refractivity contribution in [1.82, 2.24) is 9.55 Å². The summed E-state index contributed by atoms with van der Waals surface area (Å²) in [6, 6.07) is 25.0. The van der Waals surface area contributed by atoms with Crippen molar-refractivity contribution < 1.29 is 4.39 Å². The van der Waals surface area contributed by atoms with Crippen LogP contribution in [-0.2, 0) is 0 Å². The molecule has 0 saturated heterocycles. The van der Waals surface area contributed by atoms with Crippen LogP contribution in [0.3, 0.4) is 0 Å². The highest BCUT2D eigenvalue weighted by molar-refractivity contribution is 5.85. The average molecular weight is 341 g/mol. The van der Waals surface area contributed by atoms with Crippen LogP contribution >= 0.6 is 0 Å². The highest BCUT2D eigenvalue weighted by Gasteiger charge is 2.25. The van der Waals surface area contributed by atoms with E-state index >= 15 is 0 Å². The van der Waals surface area contributed by atoms with E-state index < -0.39 is 0 Å². The van der Waals surface area contributed by atoms with Crippen LogP contribution in [0.1, 0.15) is 17.2 Å². The summed E-state index contributed by atoms with van der Waals surface area (Å²) in [6.45, 7) is 0. The molecule has 0 amide bonds. The Bertz CT molecular complexity index is 1110. The molecule has 4 heteroatoms. The number of nitrogens with one attached hydrogen (secondary N) is 1. The van der Waals surface area contributed by atoms with Crippen molar-refractivity contribution in [3.8, 4) is 0 Å². The van der Waals surface area contributed by atoms with Crippen LogP contribution in [0, 0.1) is 5.82 Å². The van der Waals surface area contributed by atoms with Gasteiger partial charge >= 0.3 is 0 Å². The van der Waals surface area contributed by atoms with Gasteiger partial charge in [-0.1, -0.05) is 42.5 Å². The maximum atomic E-state index is 13.3. The Morgan fingerprint density at radius 1 is 0.846 bits per heavy atom. The molecule has 1 aliphatic heterocycles. The van der Waals surface area contributed by atoms with Gasteiger partial charge in [-0.15, -0.1) is 0 Å². The zero-order valence-corrected chi connectivity index (χ0v) is 13.9. The van der Waals surface area contributed by atoms with E-state index in [1.165, 1.54) is 17.7 Å². The minimum atomic E-state index is -0.239. The second kappa shape index (κ2) is 5.85. The van der Waals surface area contributed by atoms with Crippen LogP contribution < -0.4 is 5.32 Å². The maximum Gasteiger partial charge on any atom is 0.209 e. The predicted octanol–water partition coefficient (Wildman–Crippen LogP) is 5.23. The van der Waals surface area contributed by atoms with E-state index in [0.29, 0.717) is 0 Å². The molecule has 3 nitrogen and oxygen atoms in total. The number of anilines is 1. The zero-order chi connectivity index (χ0) is 17.5. The van der Waals surface area contributed by atoms with Crippen molar-refractivity contribution >= 4 is 22.7 Å². The first-order valence-corrected chi connectivity index (χ1v) is 8.56. The third-order valence-corrected chi connectivity index (χ3v) is 4.74. The van der Waals surface area contributed by atoms with Crippen LogP contribution in [0.15, 0.2) is 84.9 Å². The Morgan fingerprint density at radius 3 is 2.38 bits per heavy atom. The molecule has 1 aromatic heterocycles. The van der Waals surface area contributed by atoms with Gasteiger partial charge in [0.05, 0.1) is 17.1 Å². The number of hydrogen-bond acceptors (Lipinski definition) is 2. The largest absolute Gasteiger partial charge is 0.325 e. The Balaban J connectivity index is 1.72. The molecule has 0 bridgehead atoms. The van der Waals surface area contributed by atoms with Gasteiger partial charge in [0.15, 0.2) is 0 Å². The van der Waals surface area contributed by atoms with E-state index in [1.807, 2.05) is 36.4 Å². The SMILES string of the molecule is Fc1ccc(C2=CC(c3ccccc3)n3c(nc4ccccc43)N2)cc1. The van der Waals surface area contributed by atoms with E-state index in [2.05, 4.69) is 34.2 Å². The fourth-order valence-corrected chi connectivity index (χ4v) is 3.50. The second-order valence-electron chi connectivity index (χ2n) is 6.36. The highest BCUT2D eigenvalue weighted by Crippen LogP contribution is 2.36. The first kappa shape index (κ1) is 14.9. The number of fused-ring (bicyclic) bond motifs is 3. The smallest absolute Gasteiger partial charge is 0.209 e. The van der Waals surface area contributed by atoms with Crippen LogP contribution in [0.5, 0.6) is 0 Å². The minimum Gasteiger partial charge on any atom is -0.325 e. The van der Waals surface area contributed by atoms with Crippen molar-refractivity contribution in [3.63, 3.8) is 0 Å². The van der Waals surface area contributed by atoms with E-state index in [9.17, 15) is 4.39 Å². The van der Waals surface area contributed by atoms with E-state index in [1.54, 1.807) is 12.1 Å². The number of halogens is 1. The van der Waals surface area contributed by atoms with Gasteiger partial charge in [0.25, 0.3) is 0 Å². The Hall–Kier alpha value is -3.40. The first-order chi connectivity index (χ1) is 12.8. The number of benzene rings is 3. The summed E-state index contributed by atoms with van der Waals surface area (Å²) in [5.74, 6) is 0.555. The van der Waals surface area contributed by atoms with Gasteiger partial charge in [-0.3, -0.25) is 4.57 Å². The number of para-hydroxylation sites is 2. The lowest BCUT2D eigenvalue weighted by Gasteiger charge is -2.26. The van der Waals surface area contributed by atoms with Gasteiger partial charge in [-0.25, -0.2) is 9.37 Å². The maximum absolute atomic E-state index is 13.3. The number of nitrogens with zero attached hydrogens (tertiary/aromatic N) is 2. The lowest BCUT2D eigenvalue weighted by molar-refractivity contribution is 0.627. The molecule has 1 aliphatic rings. The van der Waals surface area contributed by atoms with Crippen LogP contribution in [0.25, 0.3) is 16.7 Å². The van der Waals surface area contributed by atoms with Gasteiger partial charge in [-0.2, -0.15) is 0 Å². The summed E-state index contributed by atoms with van der Waals surface area (Å²) >= 11 is 0. The Labute approximate surface area is 150 Å². The van der Waals surface area contributed by atoms with Gasteiger partial charge in [-0.05, 0) is 53.6 Å². The lowest BCUT2D eigenvalue weighted by Crippen LogP contribution is -2.19. The third kappa shape index (κ3) is 2.39. The lowest BCUT2D eigenvalue weighted by atomic mass is 10.0. The van der Waals surface area contributed by atoms with Crippen molar-refractivity contribution in [1.29, 1.82) is 0 Å². The summed E-state index contributed by atoms with van der Waals surface area (Å²) in [7, 11) is 0. The molecule has 0 aliphatic carbocycles. The topological polar surface area (TPSA) is 29.9 Å². The second-order valence-corrected chi connectivity index (χ2v) is 6.36.